The van der Waals surface area contributed by atoms with Crippen molar-refractivity contribution in [2.75, 3.05) is 5.32 Å². The highest BCUT2D eigenvalue weighted by molar-refractivity contribution is 7.09. The largest absolute Gasteiger partial charge is 0.380 e. The molecule has 0 saturated carbocycles. The maximum absolute atomic E-state index is 13.0. The topological polar surface area (TPSA) is 24.9 Å². The Morgan fingerprint density at radius 1 is 1.38 bits per heavy atom. The van der Waals surface area contributed by atoms with Gasteiger partial charge in [0.15, 0.2) is 0 Å². The van der Waals surface area contributed by atoms with Gasteiger partial charge >= 0.3 is 0 Å². The van der Waals surface area contributed by atoms with Gasteiger partial charge < -0.3 is 5.32 Å². The van der Waals surface area contributed by atoms with E-state index in [9.17, 15) is 4.39 Å². The van der Waals surface area contributed by atoms with Crippen LogP contribution in [0.25, 0.3) is 0 Å². The molecule has 1 aromatic heterocycles. The first kappa shape index (κ1) is 11.1. The molecule has 0 radical (unpaired) electrons. The Bertz CT molecular complexity index is 494. The molecule has 1 heterocycles. The number of nitrogens with one attached hydrogen (secondary N) is 1. The number of thiazole rings is 1. The summed E-state index contributed by atoms with van der Waals surface area (Å²) in [4.78, 5) is 5.39. The second-order valence-electron chi connectivity index (χ2n) is 3.68. The van der Waals surface area contributed by atoms with Crippen LogP contribution in [-0.4, -0.2) is 4.98 Å². The number of halogens is 1. The van der Waals surface area contributed by atoms with Gasteiger partial charge in [-0.3, -0.25) is 0 Å². The fourth-order valence-corrected chi connectivity index (χ4v) is 2.15. The van der Waals surface area contributed by atoms with Crippen LogP contribution in [0.1, 0.15) is 16.1 Å². The zero-order chi connectivity index (χ0) is 11.5. The van der Waals surface area contributed by atoms with Gasteiger partial charge in [0.25, 0.3) is 0 Å². The van der Waals surface area contributed by atoms with Crippen LogP contribution < -0.4 is 5.32 Å². The summed E-state index contributed by atoms with van der Waals surface area (Å²) in [6.45, 7) is 4.49. The van der Waals surface area contributed by atoms with E-state index in [4.69, 9.17) is 0 Å². The molecule has 0 aliphatic carbocycles. The van der Waals surface area contributed by atoms with Crippen LogP contribution in [0.3, 0.4) is 0 Å². The molecule has 16 heavy (non-hydrogen) atoms. The summed E-state index contributed by atoms with van der Waals surface area (Å²) in [6, 6.07) is 5.04. The van der Waals surface area contributed by atoms with E-state index in [2.05, 4.69) is 10.3 Å². The fourth-order valence-electron chi connectivity index (χ4n) is 1.43. The summed E-state index contributed by atoms with van der Waals surface area (Å²) in [5.74, 6) is -0.167. The summed E-state index contributed by atoms with van der Waals surface area (Å²) < 4.78 is 13.0. The van der Waals surface area contributed by atoms with Crippen molar-refractivity contribution < 1.29 is 4.39 Å². The minimum atomic E-state index is -0.167. The summed E-state index contributed by atoms with van der Waals surface area (Å²) in [7, 11) is 0. The zero-order valence-corrected chi connectivity index (χ0v) is 10.1. The summed E-state index contributed by atoms with van der Waals surface area (Å²) in [5, 5.41) is 3.26. The number of aryl methyl sites for hydroxylation is 2. The van der Waals surface area contributed by atoms with Crippen molar-refractivity contribution >= 4 is 17.0 Å². The van der Waals surface area contributed by atoms with Gasteiger partial charge in [0.1, 0.15) is 5.82 Å². The minimum Gasteiger partial charge on any atom is -0.380 e. The summed E-state index contributed by atoms with van der Waals surface area (Å²) >= 11 is 1.63. The molecule has 2 rings (SSSR count). The number of nitrogens with zero attached hydrogens (tertiary/aromatic N) is 1. The third-order valence-electron chi connectivity index (χ3n) is 2.46. The molecular formula is C12H13FN2S. The van der Waals surface area contributed by atoms with Crippen LogP contribution in [0.15, 0.2) is 23.7 Å². The lowest BCUT2D eigenvalue weighted by Gasteiger charge is -2.06. The van der Waals surface area contributed by atoms with Gasteiger partial charge in [0, 0.05) is 10.6 Å². The highest BCUT2D eigenvalue weighted by Gasteiger charge is 2.02. The van der Waals surface area contributed by atoms with Crippen LogP contribution in [0.2, 0.25) is 0 Å². The molecule has 0 spiro atoms. The molecule has 2 aromatic rings. The molecule has 0 fully saturated rings. The molecular weight excluding hydrogens is 223 g/mol. The molecule has 0 aliphatic heterocycles. The van der Waals surface area contributed by atoms with E-state index in [1.165, 1.54) is 10.9 Å². The highest BCUT2D eigenvalue weighted by Crippen LogP contribution is 2.17. The lowest BCUT2D eigenvalue weighted by molar-refractivity contribution is 0.618. The average Bonchev–Trinajstić information content (AvgIpc) is 2.66. The third-order valence-corrected chi connectivity index (χ3v) is 3.39. The van der Waals surface area contributed by atoms with Gasteiger partial charge in [-0.1, -0.05) is 0 Å². The van der Waals surface area contributed by atoms with Crippen LogP contribution in [-0.2, 0) is 6.54 Å². The first-order chi connectivity index (χ1) is 7.66. The summed E-state index contributed by atoms with van der Waals surface area (Å²) in [5.41, 5.74) is 4.48. The molecule has 0 saturated heterocycles. The second-order valence-corrected chi connectivity index (χ2v) is 4.62. The molecule has 1 N–H and O–H groups in total. The predicted molar refractivity (Wildman–Crippen MR) is 65.3 cm³/mol. The van der Waals surface area contributed by atoms with E-state index in [1.807, 2.05) is 18.5 Å². The molecule has 0 atom stereocenters. The molecule has 84 valence electrons. The molecule has 0 aliphatic rings. The standard InChI is InChI=1S/C12H13FN2S/c1-8-5-10(3-4-11(8)13)14-6-12-9(2)15-7-16-12/h3-5,7,14H,6H2,1-2H3. The van der Waals surface area contributed by atoms with Crippen molar-refractivity contribution in [2.24, 2.45) is 0 Å². The normalized spacial score (nSPS) is 10.4. The van der Waals surface area contributed by atoms with E-state index in [-0.39, 0.29) is 5.82 Å². The quantitative estimate of drug-likeness (QED) is 0.882. The number of hydrogen-bond donors (Lipinski definition) is 1. The van der Waals surface area contributed by atoms with Crippen molar-refractivity contribution in [2.45, 2.75) is 20.4 Å². The van der Waals surface area contributed by atoms with Gasteiger partial charge in [0.05, 0.1) is 17.7 Å². The van der Waals surface area contributed by atoms with E-state index >= 15 is 0 Å². The maximum atomic E-state index is 13.0. The van der Waals surface area contributed by atoms with Crippen molar-refractivity contribution in [3.63, 3.8) is 0 Å². The van der Waals surface area contributed by atoms with E-state index in [0.29, 0.717) is 5.56 Å². The molecule has 0 unspecified atom stereocenters. The van der Waals surface area contributed by atoms with E-state index in [1.54, 1.807) is 24.3 Å². The molecule has 4 heteroatoms. The smallest absolute Gasteiger partial charge is 0.126 e. The Kier molecular flexibility index (Phi) is 3.19. The number of anilines is 1. The van der Waals surface area contributed by atoms with Crippen molar-refractivity contribution in [1.29, 1.82) is 0 Å². The number of rotatable bonds is 3. The first-order valence-corrected chi connectivity index (χ1v) is 5.94. The Labute approximate surface area is 98.2 Å². The average molecular weight is 236 g/mol. The lowest BCUT2D eigenvalue weighted by Crippen LogP contribution is -1.99. The van der Waals surface area contributed by atoms with Crippen molar-refractivity contribution in [3.8, 4) is 0 Å². The minimum absolute atomic E-state index is 0.167. The SMILES string of the molecule is Cc1cc(NCc2scnc2C)ccc1F. The van der Waals surface area contributed by atoms with Gasteiger partial charge in [-0.2, -0.15) is 0 Å². The second kappa shape index (κ2) is 4.61. The van der Waals surface area contributed by atoms with Gasteiger partial charge in [0.2, 0.25) is 0 Å². The van der Waals surface area contributed by atoms with Crippen LogP contribution in [0.5, 0.6) is 0 Å². The maximum Gasteiger partial charge on any atom is 0.126 e. The van der Waals surface area contributed by atoms with Crippen LogP contribution in [0, 0.1) is 19.7 Å². The number of benzene rings is 1. The molecule has 0 amide bonds. The van der Waals surface area contributed by atoms with Crippen molar-refractivity contribution in [3.05, 3.63) is 45.7 Å². The van der Waals surface area contributed by atoms with E-state index < -0.39 is 0 Å². The Morgan fingerprint density at radius 3 is 2.81 bits per heavy atom. The van der Waals surface area contributed by atoms with Crippen LogP contribution in [0.4, 0.5) is 10.1 Å². The Hall–Kier alpha value is -1.42. The van der Waals surface area contributed by atoms with E-state index in [0.717, 1.165) is 17.9 Å². The van der Waals surface area contributed by atoms with Gasteiger partial charge in [-0.25, -0.2) is 9.37 Å². The van der Waals surface area contributed by atoms with Crippen LogP contribution >= 0.6 is 11.3 Å². The molecule has 0 bridgehead atoms. The Balaban J connectivity index is 2.05. The lowest BCUT2D eigenvalue weighted by atomic mass is 10.2. The first-order valence-electron chi connectivity index (χ1n) is 5.06. The van der Waals surface area contributed by atoms with Crippen molar-refractivity contribution in [1.82, 2.24) is 4.98 Å². The van der Waals surface area contributed by atoms with Gasteiger partial charge in [-0.05, 0) is 37.6 Å². The summed E-state index contributed by atoms with van der Waals surface area (Å²) in [6.07, 6.45) is 0. The molecule has 1 aromatic carbocycles. The highest BCUT2D eigenvalue weighted by atomic mass is 32.1. The molecule has 2 nitrogen and oxygen atoms in total. The Morgan fingerprint density at radius 2 is 2.19 bits per heavy atom. The number of hydrogen-bond acceptors (Lipinski definition) is 3. The fraction of sp³-hybridized carbons (Fsp3) is 0.250. The van der Waals surface area contributed by atoms with Gasteiger partial charge in [-0.15, -0.1) is 11.3 Å². The third kappa shape index (κ3) is 2.39. The zero-order valence-electron chi connectivity index (χ0n) is 9.25. The predicted octanol–water partition coefficient (Wildman–Crippen LogP) is 3.51. The number of aromatic nitrogens is 1. The monoisotopic (exact) mass is 236 g/mol.